The molecule has 0 fully saturated rings. The van der Waals surface area contributed by atoms with Crippen LogP contribution in [0.25, 0.3) is 0 Å². The van der Waals surface area contributed by atoms with E-state index in [-0.39, 0.29) is 18.6 Å². The third kappa shape index (κ3) is 5.73. The number of carbonyl (C=O) groups is 1. The van der Waals surface area contributed by atoms with Gasteiger partial charge in [0.05, 0.1) is 18.0 Å². The van der Waals surface area contributed by atoms with Crippen molar-refractivity contribution < 1.29 is 17.9 Å². The van der Waals surface area contributed by atoms with Crippen LogP contribution in [0, 0.1) is 13.8 Å². The summed E-state index contributed by atoms with van der Waals surface area (Å²) < 4.78 is 31.6. The molecule has 152 valence electrons. The Labute approximate surface area is 167 Å². The van der Waals surface area contributed by atoms with Crippen molar-refractivity contribution in [1.82, 2.24) is 5.32 Å². The van der Waals surface area contributed by atoms with E-state index in [1.54, 1.807) is 25.1 Å². The number of nitrogens with zero attached hydrogens (tertiary/aromatic N) is 1. The largest absolute Gasteiger partial charge is 0.491 e. The van der Waals surface area contributed by atoms with Gasteiger partial charge in [-0.15, -0.1) is 0 Å². The molecule has 0 bridgehead atoms. The number of sulfonamides is 1. The first-order valence-corrected chi connectivity index (χ1v) is 11.0. The molecule has 0 aliphatic rings. The smallest absolute Gasteiger partial charge is 0.243 e. The van der Waals surface area contributed by atoms with Crippen molar-refractivity contribution in [2.75, 3.05) is 17.2 Å². The van der Waals surface area contributed by atoms with Crippen LogP contribution in [0.15, 0.2) is 48.5 Å². The molecule has 0 heterocycles. The molecule has 2 atom stereocenters. The Balaban J connectivity index is 2.07. The van der Waals surface area contributed by atoms with E-state index in [0.29, 0.717) is 5.69 Å². The van der Waals surface area contributed by atoms with Gasteiger partial charge >= 0.3 is 0 Å². The van der Waals surface area contributed by atoms with Crippen LogP contribution in [0.2, 0.25) is 0 Å². The van der Waals surface area contributed by atoms with Crippen molar-refractivity contribution in [2.45, 2.75) is 39.8 Å². The Kier molecular flexibility index (Phi) is 7.07. The first-order chi connectivity index (χ1) is 13.1. The second-order valence-electron chi connectivity index (χ2n) is 7.06. The van der Waals surface area contributed by atoms with Gasteiger partial charge in [0.15, 0.2) is 0 Å². The SMILES string of the molecule is Cc1cccc(N(C(C)C(=O)NC(C)COc2ccccc2C)S(C)(=O)=O)c1. The summed E-state index contributed by atoms with van der Waals surface area (Å²) in [6, 6.07) is 13.5. The molecule has 6 nitrogen and oxygen atoms in total. The number of anilines is 1. The minimum absolute atomic E-state index is 0.284. The van der Waals surface area contributed by atoms with Gasteiger partial charge in [-0.05, 0) is 57.0 Å². The molecule has 0 saturated carbocycles. The number of hydrogen-bond donors (Lipinski definition) is 1. The van der Waals surface area contributed by atoms with E-state index in [4.69, 9.17) is 4.74 Å². The zero-order chi connectivity index (χ0) is 20.9. The first-order valence-electron chi connectivity index (χ1n) is 9.14. The quantitative estimate of drug-likeness (QED) is 0.734. The van der Waals surface area contributed by atoms with Crippen molar-refractivity contribution in [2.24, 2.45) is 0 Å². The van der Waals surface area contributed by atoms with Crippen LogP contribution in [-0.4, -0.2) is 39.3 Å². The molecule has 2 aromatic carbocycles. The minimum Gasteiger partial charge on any atom is -0.491 e. The van der Waals surface area contributed by atoms with Crippen molar-refractivity contribution >= 4 is 21.6 Å². The zero-order valence-electron chi connectivity index (χ0n) is 17.0. The van der Waals surface area contributed by atoms with Crippen LogP contribution < -0.4 is 14.4 Å². The number of hydrogen-bond acceptors (Lipinski definition) is 4. The third-order valence-corrected chi connectivity index (χ3v) is 5.56. The molecule has 2 rings (SSSR count). The highest BCUT2D eigenvalue weighted by atomic mass is 32.2. The van der Waals surface area contributed by atoms with Crippen molar-refractivity contribution in [3.05, 3.63) is 59.7 Å². The lowest BCUT2D eigenvalue weighted by Gasteiger charge is -2.29. The summed E-state index contributed by atoms with van der Waals surface area (Å²) >= 11 is 0. The highest BCUT2D eigenvalue weighted by Gasteiger charge is 2.29. The summed E-state index contributed by atoms with van der Waals surface area (Å²) in [5.41, 5.74) is 2.39. The van der Waals surface area contributed by atoms with E-state index in [2.05, 4.69) is 5.32 Å². The van der Waals surface area contributed by atoms with Gasteiger partial charge in [-0.1, -0.05) is 30.3 Å². The number of carbonyl (C=O) groups excluding carboxylic acids is 1. The van der Waals surface area contributed by atoms with Crippen LogP contribution in [0.5, 0.6) is 5.75 Å². The number of benzene rings is 2. The Morgan fingerprint density at radius 2 is 1.79 bits per heavy atom. The molecule has 7 heteroatoms. The highest BCUT2D eigenvalue weighted by molar-refractivity contribution is 7.92. The maximum atomic E-state index is 12.7. The monoisotopic (exact) mass is 404 g/mol. The molecule has 0 saturated heterocycles. The minimum atomic E-state index is -3.63. The van der Waals surface area contributed by atoms with Crippen LogP contribution in [0.4, 0.5) is 5.69 Å². The maximum absolute atomic E-state index is 12.7. The number of amides is 1. The molecular formula is C21H28N2O4S. The molecule has 1 amide bonds. The molecule has 2 aromatic rings. The van der Waals surface area contributed by atoms with Crippen LogP contribution >= 0.6 is 0 Å². The van der Waals surface area contributed by atoms with Gasteiger partial charge in [0.2, 0.25) is 15.9 Å². The van der Waals surface area contributed by atoms with E-state index in [1.165, 1.54) is 0 Å². The summed E-state index contributed by atoms with van der Waals surface area (Å²) in [4.78, 5) is 12.7. The highest BCUT2D eigenvalue weighted by Crippen LogP contribution is 2.22. The zero-order valence-corrected chi connectivity index (χ0v) is 17.8. The summed E-state index contributed by atoms with van der Waals surface area (Å²) in [6.45, 7) is 7.51. The molecule has 28 heavy (non-hydrogen) atoms. The standard InChI is InChI=1S/C21H28N2O4S/c1-15-9-8-11-19(13-15)23(28(5,25)26)18(4)21(24)22-17(3)14-27-20-12-7-6-10-16(20)2/h6-13,17-18H,14H2,1-5H3,(H,22,24). The van der Waals surface area contributed by atoms with E-state index in [1.807, 2.05) is 51.1 Å². The van der Waals surface area contributed by atoms with Crippen LogP contribution in [-0.2, 0) is 14.8 Å². The van der Waals surface area contributed by atoms with Crippen molar-refractivity contribution in [1.29, 1.82) is 0 Å². The number of rotatable bonds is 8. The predicted molar refractivity (Wildman–Crippen MR) is 112 cm³/mol. The van der Waals surface area contributed by atoms with E-state index < -0.39 is 16.1 Å². The lowest BCUT2D eigenvalue weighted by molar-refractivity contribution is -0.122. The fraction of sp³-hybridized carbons (Fsp3) is 0.381. The second-order valence-corrected chi connectivity index (χ2v) is 8.92. The van der Waals surface area contributed by atoms with Crippen molar-refractivity contribution in [3.63, 3.8) is 0 Å². The van der Waals surface area contributed by atoms with Gasteiger partial charge in [0, 0.05) is 0 Å². The Bertz CT molecular complexity index is 928. The van der Waals surface area contributed by atoms with Gasteiger partial charge in [-0.25, -0.2) is 8.42 Å². The van der Waals surface area contributed by atoms with Gasteiger partial charge in [-0.3, -0.25) is 9.10 Å². The fourth-order valence-corrected chi connectivity index (χ4v) is 4.08. The normalized spacial score (nSPS) is 13.5. The second kappa shape index (κ2) is 9.10. The maximum Gasteiger partial charge on any atom is 0.243 e. The topological polar surface area (TPSA) is 75.7 Å². The molecule has 0 aliphatic heterocycles. The summed E-state index contributed by atoms with van der Waals surface area (Å²) in [5.74, 6) is 0.377. The van der Waals surface area contributed by atoms with E-state index >= 15 is 0 Å². The average Bonchev–Trinajstić information content (AvgIpc) is 2.60. The Morgan fingerprint density at radius 1 is 1.11 bits per heavy atom. The van der Waals surface area contributed by atoms with Crippen molar-refractivity contribution in [3.8, 4) is 5.75 Å². The summed E-state index contributed by atoms with van der Waals surface area (Å²) in [6.07, 6.45) is 1.10. The number of para-hydroxylation sites is 1. The number of ether oxygens (including phenoxy) is 1. The first kappa shape index (κ1) is 21.8. The van der Waals surface area contributed by atoms with Gasteiger partial charge in [0.25, 0.3) is 0 Å². The summed E-state index contributed by atoms with van der Waals surface area (Å²) in [7, 11) is -3.63. The number of aryl methyl sites for hydroxylation is 2. The molecule has 2 unspecified atom stereocenters. The fourth-order valence-electron chi connectivity index (χ4n) is 2.91. The predicted octanol–water partition coefficient (Wildman–Crippen LogP) is 3.04. The third-order valence-electron chi connectivity index (χ3n) is 4.32. The van der Waals surface area contributed by atoms with Gasteiger partial charge in [-0.2, -0.15) is 0 Å². The van der Waals surface area contributed by atoms with Crippen LogP contribution in [0.3, 0.4) is 0 Å². The summed E-state index contributed by atoms with van der Waals surface area (Å²) in [5, 5.41) is 2.84. The Hall–Kier alpha value is -2.54. The molecule has 0 aromatic heterocycles. The number of nitrogens with one attached hydrogen (secondary N) is 1. The van der Waals surface area contributed by atoms with Crippen LogP contribution in [0.1, 0.15) is 25.0 Å². The molecular weight excluding hydrogens is 376 g/mol. The molecule has 1 N–H and O–H groups in total. The van der Waals surface area contributed by atoms with Gasteiger partial charge < -0.3 is 10.1 Å². The van der Waals surface area contributed by atoms with E-state index in [9.17, 15) is 13.2 Å². The molecule has 0 spiro atoms. The van der Waals surface area contributed by atoms with Gasteiger partial charge in [0.1, 0.15) is 18.4 Å². The Morgan fingerprint density at radius 3 is 2.39 bits per heavy atom. The van der Waals surface area contributed by atoms with E-state index in [0.717, 1.165) is 27.4 Å². The lowest BCUT2D eigenvalue weighted by atomic mass is 10.2. The molecule has 0 aliphatic carbocycles. The molecule has 0 radical (unpaired) electrons. The lowest BCUT2D eigenvalue weighted by Crippen LogP contribution is -2.50. The average molecular weight is 405 g/mol.